The third-order valence-corrected chi connectivity index (χ3v) is 5.25. The quantitative estimate of drug-likeness (QED) is 0.885. The number of carbonyl (C=O) groups is 2. The van der Waals surface area contributed by atoms with E-state index in [1.54, 1.807) is 4.90 Å². The minimum absolute atomic E-state index is 0.00215. The number of nitrogens with zero attached hydrogens (tertiary/aromatic N) is 2. The van der Waals surface area contributed by atoms with Crippen molar-refractivity contribution in [1.29, 1.82) is 0 Å². The van der Waals surface area contributed by atoms with Gasteiger partial charge in [0.05, 0.1) is 6.04 Å². The van der Waals surface area contributed by atoms with E-state index < -0.39 is 0 Å². The van der Waals surface area contributed by atoms with Crippen molar-refractivity contribution in [3.05, 3.63) is 35.9 Å². The van der Waals surface area contributed by atoms with E-state index in [4.69, 9.17) is 0 Å². The largest absolute Gasteiger partial charge is 0.335 e. The van der Waals surface area contributed by atoms with E-state index in [-0.39, 0.29) is 48.3 Å². The van der Waals surface area contributed by atoms with Gasteiger partial charge in [0.1, 0.15) is 6.17 Å². The second-order valence-electron chi connectivity index (χ2n) is 7.57. The van der Waals surface area contributed by atoms with Gasteiger partial charge in [-0.1, -0.05) is 30.3 Å². The molecule has 0 aromatic heterocycles. The second-order valence-corrected chi connectivity index (χ2v) is 7.57. The number of nitrogens with one attached hydrogen (secondary N) is 2. The Bertz CT molecular complexity index is 646. The fraction of sp³-hybridized carbons (Fsp3) is 0.579. The lowest BCUT2D eigenvalue weighted by atomic mass is 9.80. The van der Waals surface area contributed by atoms with Crippen LogP contribution >= 0.6 is 0 Å². The van der Waals surface area contributed by atoms with Gasteiger partial charge in [-0.3, -0.25) is 0 Å². The fourth-order valence-electron chi connectivity index (χ4n) is 4.22. The van der Waals surface area contributed by atoms with Crippen molar-refractivity contribution in [2.75, 3.05) is 0 Å². The predicted molar refractivity (Wildman–Crippen MR) is 96.9 cm³/mol. The van der Waals surface area contributed by atoms with Crippen LogP contribution in [0.15, 0.2) is 30.3 Å². The van der Waals surface area contributed by atoms with Gasteiger partial charge in [0.25, 0.3) is 0 Å². The van der Waals surface area contributed by atoms with Crippen LogP contribution in [0.3, 0.4) is 0 Å². The lowest BCUT2D eigenvalue weighted by molar-refractivity contribution is -0.0116. The van der Waals surface area contributed by atoms with Crippen LogP contribution < -0.4 is 10.6 Å². The number of hydrogen-bond donors (Lipinski definition) is 2. The van der Waals surface area contributed by atoms with E-state index in [0.717, 1.165) is 5.56 Å². The molecule has 2 aliphatic heterocycles. The highest BCUT2D eigenvalue weighted by molar-refractivity contribution is 5.81. The van der Waals surface area contributed by atoms with E-state index in [9.17, 15) is 9.59 Å². The molecule has 0 bridgehead atoms. The van der Waals surface area contributed by atoms with Crippen molar-refractivity contribution in [2.45, 2.75) is 65.0 Å². The van der Waals surface area contributed by atoms with Gasteiger partial charge in [-0.15, -0.1) is 0 Å². The minimum Gasteiger partial charge on any atom is -0.335 e. The zero-order valence-electron chi connectivity index (χ0n) is 15.6. The van der Waals surface area contributed by atoms with Crippen molar-refractivity contribution in [3.63, 3.8) is 0 Å². The molecule has 2 saturated heterocycles. The Balaban J connectivity index is 2.10. The average Bonchev–Trinajstić information content (AvgIpc) is 2.53. The highest BCUT2D eigenvalue weighted by atomic mass is 16.2. The molecule has 25 heavy (non-hydrogen) atoms. The molecule has 4 atom stereocenters. The Morgan fingerprint density at radius 3 is 2.00 bits per heavy atom. The first-order chi connectivity index (χ1) is 11.8. The van der Waals surface area contributed by atoms with Gasteiger partial charge in [0.15, 0.2) is 0 Å². The van der Waals surface area contributed by atoms with Gasteiger partial charge in [0.2, 0.25) is 0 Å². The first-order valence-electron chi connectivity index (χ1n) is 9.05. The lowest BCUT2D eigenvalue weighted by Gasteiger charge is -2.55. The van der Waals surface area contributed by atoms with Crippen LogP contribution in [-0.4, -0.2) is 46.2 Å². The normalized spacial score (nSPS) is 29.6. The summed E-state index contributed by atoms with van der Waals surface area (Å²) in [5, 5.41) is 6.19. The molecule has 6 nitrogen and oxygen atoms in total. The molecule has 3 rings (SSSR count). The molecule has 0 aliphatic carbocycles. The summed E-state index contributed by atoms with van der Waals surface area (Å²) < 4.78 is 0. The molecule has 0 radical (unpaired) electrons. The first kappa shape index (κ1) is 17.6. The number of urea groups is 2. The van der Waals surface area contributed by atoms with Crippen molar-refractivity contribution in [3.8, 4) is 0 Å². The van der Waals surface area contributed by atoms with E-state index in [1.807, 2.05) is 57.7 Å². The summed E-state index contributed by atoms with van der Waals surface area (Å²) in [4.78, 5) is 29.1. The van der Waals surface area contributed by atoms with Crippen LogP contribution in [0.2, 0.25) is 0 Å². The Labute approximate surface area is 149 Å². The number of fused-ring (bicyclic) bond motifs is 1. The molecular weight excluding hydrogens is 316 g/mol. The fourth-order valence-corrected chi connectivity index (χ4v) is 4.22. The molecule has 2 aliphatic rings. The lowest BCUT2D eigenvalue weighted by Crippen LogP contribution is -2.74. The summed E-state index contributed by atoms with van der Waals surface area (Å²) in [7, 11) is 0. The van der Waals surface area contributed by atoms with Crippen LogP contribution in [-0.2, 0) is 0 Å². The van der Waals surface area contributed by atoms with Gasteiger partial charge in [-0.25, -0.2) is 9.59 Å². The number of rotatable bonds is 3. The third-order valence-electron chi connectivity index (χ3n) is 5.25. The van der Waals surface area contributed by atoms with E-state index in [2.05, 4.69) is 22.8 Å². The third kappa shape index (κ3) is 2.94. The molecule has 0 saturated carbocycles. The molecule has 0 spiro atoms. The summed E-state index contributed by atoms with van der Waals surface area (Å²) in [6.07, 6.45) is -0.309. The Morgan fingerprint density at radius 2 is 1.44 bits per heavy atom. The first-order valence-corrected chi connectivity index (χ1v) is 9.05. The molecule has 1 aromatic carbocycles. The van der Waals surface area contributed by atoms with Crippen molar-refractivity contribution >= 4 is 12.1 Å². The molecule has 2 fully saturated rings. The van der Waals surface area contributed by atoms with Crippen LogP contribution in [0.1, 0.15) is 46.2 Å². The van der Waals surface area contributed by atoms with Crippen LogP contribution in [0.4, 0.5) is 9.59 Å². The zero-order valence-corrected chi connectivity index (χ0v) is 15.6. The smallest absolute Gasteiger partial charge is 0.319 e. The number of benzene rings is 1. The van der Waals surface area contributed by atoms with Gasteiger partial charge < -0.3 is 20.4 Å². The maximum atomic E-state index is 12.9. The van der Waals surface area contributed by atoms with Gasteiger partial charge in [-0.2, -0.15) is 0 Å². The van der Waals surface area contributed by atoms with Gasteiger partial charge >= 0.3 is 12.1 Å². The van der Waals surface area contributed by atoms with Crippen molar-refractivity contribution in [2.24, 2.45) is 5.92 Å². The topological polar surface area (TPSA) is 64.7 Å². The number of carbonyl (C=O) groups excluding carboxylic acids is 2. The molecular formula is C19H28N4O2. The number of hydrogen-bond acceptors (Lipinski definition) is 2. The molecule has 4 amide bonds. The van der Waals surface area contributed by atoms with E-state index >= 15 is 0 Å². The number of amides is 4. The highest BCUT2D eigenvalue weighted by Crippen LogP contribution is 2.40. The summed E-state index contributed by atoms with van der Waals surface area (Å²) in [5.74, 6) is 0.0580. The molecule has 1 aromatic rings. The summed E-state index contributed by atoms with van der Waals surface area (Å²) >= 11 is 0. The van der Waals surface area contributed by atoms with E-state index in [0.29, 0.717) is 0 Å². The minimum atomic E-state index is -0.309. The Kier molecular flexibility index (Phi) is 4.62. The van der Waals surface area contributed by atoms with Crippen LogP contribution in [0, 0.1) is 5.92 Å². The average molecular weight is 344 g/mol. The highest BCUT2D eigenvalue weighted by Gasteiger charge is 2.52. The maximum Gasteiger partial charge on any atom is 0.319 e. The molecule has 6 heteroatoms. The van der Waals surface area contributed by atoms with Crippen molar-refractivity contribution in [1.82, 2.24) is 20.4 Å². The van der Waals surface area contributed by atoms with Gasteiger partial charge in [-0.05, 0) is 40.2 Å². The monoisotopic (exact) mass is 344 g/mol. The van der Waals surface area contributed by atoms with Crippen LogP contribution in [0.25, 0.3) is 0 Å². The predicted octanol–water partition coefficient (Wildman–Crippen LogP) is 2.93. The summed E-state index contributed by atoms with van der Waals surface area (Å²) in [6.45, 7) is 10.0. The van der Waals surface area contributed by atoms with Crippen molar-refractivity contribution < 1.29 is 9.59 Å². The zero-order chi connectivity index (χ0) is 18.3. The Morgan fingerprint density at radius 1 is 0.880 bits per heavy atom. The van der Waals surface area contributed by atoms with Crippen LogP contribution in [0.5, 0.6) is 0 Å². The van der Waals surface area contributed by atoms with E-state index in [1.165, 1.54) is 0 Å². The van der Waals surface area contributed by atoms with Gasteiger partial charge in [0, 0.05) is 24.0 Å². The standard InChI is InChI=1S/C19H28N4O2/c1-11(2)22-16(14-9-7-6-8-10-14)15-13(5)20-18(24)23(12(3)4)17(15)21-19(22)25/h6-13,15-17H,1-5H3,(H,20,24)(H,21,25)/t13-,15-,16-,17-/m0/s1. The SMILES string of the molecule is CC(C)N1C(=O)N[C@@H](C)[C@@H]2[C@H]1NC(=O)N(C(C)C)[C@H]2c1ccccc1. The molecule has 2 N–H and O–H groups in total. The molecule has 136 valence electrons. The summed E-state index contributed by atoms with van der Waals surface area (Å²) in [5.41, 5.74) is 1.10. The Hall–Kier alpha value is -2.24. The molecule has 2 heterocycles. The second kappa shape index (κ2) is 6.58. The summed E-state index contributed by atoms with van der Waals surface area (Å²) in [6, 6.07) is 9.82. The maximum absolute atomic E-state index is 12.9. The molecule has 0 unspecified atom stereocenters.